The van der Waals surface area contributed by atoms with Crippen molar-refractivity contribution in [3.8, 4) is 11.8 Å². The molecule has 208 valence electrons. The number of fused-ring (bicyclic) bond motifs is 1. The fourth-order valence-corrected chi connectivity index (χ4v) is 5.00. The van der Waals surface area contributed by atoms with E-state index in [1.54, 1.807) is 32.9 Å². The molecule has 0 spiro atoms. The van der Waals surface area contributed by atoms with E-state index in [4.69, 9.17) is 29.3 Å². The van der Waals surface area contributed by atoms with E-state index in [1.165, 1.54) is 23.1 Å². The predicted molar refractivity (Wildman–Crippen MR) is 148 cm³/mol. The van der Waals surface area contributed by atoms with Gasteiger partial charge in [-0.3, -0.25) is 9.69 Å². The molecule has 0 aliphatic carbocycles. The van der Waals surface area contributed by atoms with Crippen molar-refractivity contribution in [2.45, 2.75) is 51.7 Å². The largest absolute Gasteiger partial charge is 0.476 e. The highest BCUT2D eigenvalue weighted by Gasteiger charge is 2.42. The number of rotatable bonds is 4. The number of piperidine rings is 1. The maximum absolute atomic E-state index is 13.8. The van der Waals surface area contributed by atoms with E-state index in [1.807, 2.05) is 0 Å². The van der Waals surface area contributed by atoms with Gasteiger partial charge in [-0.15, -0.1) is 0 Å². The van der Waals surface area contributed by atoms with Crippen LogP contribution in [0.15, 0.2) is 36.4 Å². The number of likely N-dealkylation sites (tertiary alicyclic amines) is 1. The van der Waals surface area contributed by atoms with Crippen molar-refractivity contribution in [1.82, 2.24) is 4.90 Å². The van der Waals surface area contributed by atoms with Gasteiger partial charge in [-0.05, 0) is 63.8 Å². The highest BCUT2D eigenvalue weighted by Crippen LogP contribution is 2.42. The van der Waals surface area contributed by atoms with Gasteiger partial charge in [-0.2, -0.15) is 5.26 Å². The lowest BCUT2D eigenvalue weighted by atomic mass is 9.75. The van der Waals surface area contributed by atoms with Crippen LogP contribution in [0.25, 0.3) is 0 Å². The van der Waals surface area contributed by atoms with Crippen LogP contribution in [-0.4, -0.2) is 62.2 Å². The molecule has 39 heavy (non-hydrogen) atoms. The zero-order valence-corrected chi connectivity index (χ0v) is 22.7. The number of amides is 2. The van der Waals surface area contributed by atoms with Crippen molar-refractivity contribution in [3.05, 3.63) is 52.8 Å². The molecule has 0 aromatic heterocycles. The molecule has 1 saturated heterocycles. The number of ether oxygens (including phenoxy) is 2. The summed E-state index contributed by atoms with van der Waals surface area (Å²) in [6.45, 7) is -1.09. The average Bonchev–Trinajstić information content (AvgIpc) is 2.92. The maximum atomic E-state index is 13.8. The van der Waals surface area contributed by atoms with Gasteiger partial charge < -0.3 is 19.3 Å². The number of hydrogen-bond donors (Lipinski definition) is 0. The van der Waals surface area contributed by atoms with Crippen LogP contribution >= 0.6 is 11.6 Å². The number of carbonyl (C=O) groups is 2. The van der Waals surface area contributed by atoms with Crippen molar-refractivity contribution in [3.63, 3.8) is 0 Å². The third-order valence-corrected chi connectivity index (χ3v) is 7.09. The molecule has 1 unspecified atom stereocenters. The highest BCUT2D eigenvalue weighted by molar-refractivity contribution is 6.33. The number of nitriles is 1. The van der Waals surface area contributed by atoms with E-state index in [2.05, 4.69) is 6.07 Å². The molecular weight excluding hydrogens is 523 g/mol. The zero-order chi connectivity index (χ0) is 33.5. The van der Waals surface area contributed by atoms with Gasteiger partial charge in [0.25, 0.3) is 5.91 Å². The third-order valence-electron chi connectivity index (χ3n) is 6.79. The number of nitrogens with zero attached hydrogens (tertiary/aromatic N) is 4. The first-order valence-electron chi connectivity index (χ1n) is 15.5. The van der Waals surface area contributed by atoms with Crippen molar-refractivity contribution in [1.29, 1.82) is 5.26 Å². The molecule has 1 fully saturated rings. The number of hydrogen-bond acceptors (Lipinski definition) is 6. The second-order valence-corrected chi connectivity index (χ2v) is 11.2. The maximum Gasteiger partial charge on any atom is 0.415 e. The van der Waals surface area contributed by atoms with E-state index in [-0.39, 0.29) is 46.8 Å². The zero-order valence-electron chi connectivity index (χ0n) is 28.0. The summed E-state index contributed by atoms with van der Waals surface area (Å²) < 4.78 is 71.8. The fourth-order valence-electron chi connectivity index (χ4n) is 4.76. The number of halogens is 2. The first-order chi connectivity index (χ1) is 20.7. The highest BCUT2D eigenvalue weighted by atomic mass is 35.5. The van der Waals surface area contributed by atoms with Crippen LogP contribution in [0.1, 0.15) is 47.4 Å². The standard InChI is InChI=1S/C29H34ClFN4O4/c1-28(2,3)39-27(37)35-17-25(38-24-15-22(33(4)5)21(30)14-23(24)35)26(36)34-12-10-29(18-32,11-13-34)16-19-6-8-20(31)9-7-19/h6-9,14-15,25H,10-13,16-17H2,1-5H3/i4D3,5D3. The molecule has 2 aromatic rings. The van der Waals surface area contributed by atoms with E-state index in [0.29, 0.717) is 19.3 Å². The molecule has 2 aromatic carbocycles. The molecule has 0 bridgehead atoms. The fraction of sp³-hybridized carbons (Fsp3) is 0.483. The van der Waals surface area contributed by atoms with Crippen LogP contribution in [0.2, 0.25) is 5.02 Å². The van der Waals surface area contributed by atoms with Gasteiger partial charge in [0.05, 0.1) is 34.4 Å². The number of carbonyl (C=O) groups excluding carboxylic acids is 2. The van der Waals surface area contributed by atoms with Crippen molar-refractivity contribution < 1.29 is 31.7 Å². The van der Waals surface area contributed by atoms with E-state index >= 15 is 0 Å². The molecule has 2 aliphatic rings. The molecule has 2 heterocycles. The summed E-state index contributed by atoms with van der Waals surface area (Å²) in [5, 5.41) is 9.76. The summed E-state index contributed by atoms with van der Waals surface area (Å²) in [7, 11) is 0. The lowest BCUT2D eigenvalue weighted by molar-refractivity contribution is -0.140. The van der Waals surface area contributed by atoms with Crippen molar-refractivity contribution in [2.24, 2.45) is 5.41 Å². The van der Waals surface area contributed by atoms with Gasteiger partial charge in [0.15, 0.2) is 6.10 Å². The molecule has 0 N–H and O–H groups in total. The van der Waals surface area contributed by atoms with E-state index in [0.717, 1.165) is 16.5 Å². The van der Waals surface area contributed by atoms with Crippen LogP contribution in [0, 0.1) is 22.6 Å². The topological polar surface area (TPSA) is 86.1 Å². The van der Waals surface area contributed by atoms with E-state index in [9.17, 15) is 19.2 Å². The summed E-state index contributed by atoms with van der Waals surface area (Å²) in [6.07, 6.45) is -1.01. The Hall–Kier alpha value is -3.51. The SMILES string of the molecule is [2H]C([2H])([2H])N(c1cc2c(cc1Cl)N(C(=O)OC(C)(C)C)CC(C(=O)N1CCC(C#N)(Cc3ccc(F)cc3)CC1)O2)C([2H])([2H])[2H]. The number of benzene rings is 2. The molecular formula is C29H34ClFN4O4. The Morgan fingerprint density at radius 1 is 1.26 bits per heavy atom. The molecule has 1 atom stereocenters. The van der Waals surface area contributed by atoms with Crippen LogP contribution in [0.4, 0.5) is 20.6 Å². The Bertz CT molecular complexity index is 1470. The molecule has 8 nitrogen and oxygen atoms in total. The summed E-state index contributed by atoms with van der Waals surface area (Å²) in [4.78, 5) is 30.0. The Kier molecular flexibility index (Phi) is 5.98. The minimum absolute atomic E-state index is 0.0690. The average molecular weight is 563 g/mol. The van der Waals surface area contributed by atoms with Gasteiger partial charge in [-0.25, -0.2) is 9.18 Å². The lowest BCUT2D eigenvalue weighted by Crippen LogP contribution is -2.54. The van der Waals surface area contributed by atoms with Crippen LogP contribution in [0.3, 0.4) is 0 Å². The van der Waals surface area contributed by atoms with Gasteiger partial charge in [0, 0.05) is 41.3 Å². The first kappa shape index (κ1) is 21.3. The summed E-state index contributed by atoms with van der Waals surface area (Å²) in [6, 6.07) is 10.6. The minimum atomic E-state index is -3.12. The van der Waals surface area contributed by atoms with Crippen molar-refractivity contribution in [2.75, 3.05) is 43.4 Å². The minimum Gasteiger partial charge on any atom is -0.476 e. The lowest BCUT2D eigenvalue weighted by Gasteiger charge is -2.41. The van der Waals surface area contributed by atoms with Crippen LogP contribution in [0.5, 0.6) is 5.75 Å². The molecule has 2 aliphatic heterocycles. The van der Waals surface area contributed by atoms with Crippen molar-refractivity contribution >= 4 is 35.0 Å². The Balaban J connectivity index is 1.63. The second-order valence-electron chi connectivity index (χ2n) is 10.8. The molecule has 0 saturated carbocycles. The smallest absolute Gasteiger partial charge is 0.415 e. The van der Waals surface area contributed by atoms with Crippen LogP contribution in [-0.2, 0) is 16.0 Å². The Labute approximate surface area is 242 Å². The second kappa shape index (κ2) is 10.9. The summed E-state index contributed by atoms with van der Waals surface area (Å²) in [5.74, 6) is -0.996. The number of anilines is 2. The van der Waals surface area contributed by atoms with Gasteiger partial charge in [0.1, 0.15) is 17.2 Å². The van der Waals surface area contributed by atoms with Gasteiger partial charge >= 0.3 is 6.09 Å². The molecule has 4 rings (SSSR count). The van der Waals surface area contributed by atoms with Gasteiger partial charge in [0.2, 0.25) is 0 Å². The van der Waals surface area contributed by atoms with Gasteiger partial charge in [-0.1, -0.05) is 23.7 Å². The first-order valence-corrected chi connectivity index (χ1v) is 12.9. The normalized spacial score (nSPS) is 21.4. The monoisotopic (exact) mass is 562 g/mol. The summed E-state index contributed by atoms with van der Waals surface area (Å²) in [5.41, 5.74) is -1.20. The predicted octanol–water partition coefficient (Wildman–Crippen LogP) is 5.42. The molecule has 10 heteroatoms. The summed E-state index contributed by atoms with van der Waals surface area (Å²) >= 11 is 6.40. The van der Waals surface area contributed by atoms with E-state index < -0.39 is 48.8 Å². The van der Waals surface area contributed by atoms with Crippen LogP contribution < -0.4 is 14.5 Å². The molecule has 0 radical (unpaired) electrons. The molecule has 2 amide bonds. The quantitative estimate of drug-likeness (QED) is 0.494. The third kappa shape index (κ3) is 6.39. The Morgan fingerprint density at radius 3 is 2.51 bits per heavy atom. The Morgan fingerprint density at radius 2 is 1.92 bits per heavy atom.